The number of nitrogens with zero attached hydrogens (tertiary/aromatic N) is 1. The van der Waals surface area contributed by atoms with Gasteiger partial charge in [-0.3, -0.25) is 0 Å². The fraction of sp³-hybridized carbons (Fsp3) is 0.400. The van der Waals surface area contributed by atoms with E-state index in [1.54, 1.807) is 18.2 Å². The maximum atomic E-state index is 13.6. The second-order valence-corrected chi connectivity index (χ2v) is 3.42. The van der Waals surface area contributed by atoms with Gasteiger partial charge in [-0.05, 0) is 12.1 Å². The van der Waals surface area contributed by atoms with Crippen LogP contribution in [0.3, 0.4) is 0 Å². The highest BCUT2D eigenvalue weighted by molar-refractivity contribution is 5.58. The van der Waals surface area contributed by atoms with Gasteiger partial charge in [0, 0.05) is 26.2 Å². The van der Waals surface area contributed by atoms with E-state index in [-0.39, 0.29) is 11.5 Å². The molecule has 1 aromatic carbocycles. The topological polar surface area (TPSA) is 41.3 Å². The summed E-state index contributed by atoms with van der Waals surface area (Å²) < 4.78 is 13.6. The molecule has 14 heavy (non-hydrogen) atoms. The highest BCUT2D eigenvalue weighted by Gasteiger charge is 2.15. The predicted molar refractivity (Wildman–Crippen MR) is 55.9 cm³/mol. The van der Waals surface area contributed by atoms with Crippen LogP contribution in [0.2, 0.25) is 0 Å². The molecule has 3 N–H and O–H groups in total. The number of halogens is 1. The molecule has 1 aliphatic rings. The van der Waals surface area contributed by atoms with Crippen molar-refractivity contribution in [3.05, 3.63) is 24.0 Å². The molecule has 1 aromatic rings. The van der Waals surface area contributed by atoms with Gasteiger partial charge in [0.25, 0.3) is 0 Å². The van der Waals surface area contributed by atoms with E-state index in [0.29, 0.717) is 5.69 Å². The average molecular weight is 195 g/mol. The van der Waals surface area contributed by atoms with Crippen molar-refractivity contribution in [3.63, 3.8) is 0 Å². The summed E-state index contributed by atoms with van der Waals surface area (Å²) in [6.07, 6.45) is 0. The molecule has 1 saturated heterocycles. The van der Waals surface area contributed by atoms with Crippen molar-refractivity contribution in [1.82, 2.24) is 5.32 Å². The van der Waals surface area contributed by atoms with Gasteiger partial charge in [0.1, 0.15) is 0 Å². The van der Waals surface area contributed by atoms with Crippen LogP contribution in [0.25, 0.3) is 0 Å². The molecule has 0 saturated carbocycles. The molecule has 76 valence electrons. The average Bonchev–Trinajstić information content (AvgIpc) is 2.23. The number of nitrogens with one attached hydrogen (secondary N) is 1. The van der Waals surface area contributed by atoms with E-state index in [4.69, 9.17) is 5.73 Å². The molecule has 4 heteroatoms. The predicted octanol–water partition coefficient (Wildman–Crippen LogP) is 0.817. The third kappa shape index (κ3) is 1.65. The third-order valence-corrected chi connectivity index (χ3v) is 2.47. The van der Waals surface area contributed by atoms with E-state index in [9.17, 15) is 4.39 Å². The van der Waals surface area contributed by atoms with E-state index < -0.39 is 0 Å². The van der Waals surface area contributed by atoms with Gasteiger partial charge in [-0.15, -0.1) is 0 Å². The minimum atomic E-state index is -0.297. The lowest BCUT2D eigenvalue weighted by molar-refractivity contribution is 0.568. The summed E-state index contributed by atoms with van der Waals surface area (Å²) in [6, 6.07) is 5.15. The summed E-state index contributed by atoms with van der Waals surface area (Å²) >= 11 is 0. The van der Waals surface area contributed by atoms with Crippen molar-refractivity contribution in [1.29, 1.82) is 0 Å². The number of piperazine rings is 1. The summed E-state index contributed by atoms with van der Waals surface area (Å²) in [6.45, 7) is 3.46. The monoisotopic (exact) mass is 195 g/mol. The Morgan fingerprint density at radius 1 is 1.29 bits per heavy atom. The maximum absolute atomic E-state index is 13.6. The first-order valence-corrected chi connectivity index (χ1v) is 4.78. The van der Waals surface area contributed by atoms with Gasteiger partial charge in [-0.1, -0.05) is 6.07 Å². The Morgan fingerprint density at radius 2 is 2.00 bits per heavy atom. The van der Waals surface area contributed by atoms with Gasteiger partial charge >= 0.3 is 0 Å². The van der Waals surface area contributed by atoms with Crippen LogP contribution in [-0.2, 0) is 0 Å². The first kappa shape index (κ1) is 9.27. The van der Waals surface area contributed by atoms with Crippen LogP contribution in [0.4, 0.5) is 15.8 Å². The molecule has 1 fully saturated rings. The van der Waals surface area contributed by atoms with E-state index >= 15 is 0 Å². The Hall–Kier alpha value is -1.29. The first-order valence-electron chi connectivity index (χ1n) is 4.78. The lowest BCUT2D eigenvalue weighted by Gasteiger charge is -2.29. The molecule has 0 atom stereocenters. The van der Waals surface area contributed by atoms with Crippen molar-refractivity contribution in [2.24, 2.45) is 0 Å². The second-order valence-electron chi connectivity index (χ2n) is 3.42. The van der Waals surface area contributed by atoms with Crippen LogP contribution < -0.4 is 16.0 Å². The number of anilines is 2. The summed E-state index contributed by atoms with van der Waals surface area (Å²) in [5.74, 6) is -0.297. The Morgan fingerprint density at radius 3 is 2.71 bits per heavy atom. The molecule has 1 heterocycles. The molecule has 3 nitrogen and oxygen atoms in total. The molecule has 2 rings (SSSR count). The maximum Gasteiger partial charge on any atom is 0.169 e. The molecule has 0 radical (unpaired) electrons. The number of rotatable bonds is 1. The molecule has 0 amide bonds. The van der Waals surface area contributed by atoms with E-state index in [0.717, 1.165) is 26.2 Å². The lowest BCUT2D eigenvalue weighted by Crippen LogP contribution is -2.43. The molecular formula is C10H14FN3. The Balaban J connectivity index is 2.26. The molecule has 0 aromatic heterocycles. The third-order valence-electron chi connectivity index (χ3n) is 2.47. The van der Waals surface area contributed by atoms with Gasteiger partial charge < -0.3 is 16.0 Å². The number of benzene rings is 1. The van der Waals surface area contributed by atoms with Gasteiger partial charge in [0.05, 0.1) is 11.4 Å². The number of hydrogen-bond donors (Lipinski definition) is 2. The van der Waals surface area contributed by atoms with Crippen LogP contribution in [0.5, 0.6) is 0 Å². The number of hydrogen-bond acceptors (Lipinski definition) is 3. The second kappa shape index (κ2) is 3.84. The number of nitrogen functional groups attached to an aromatic ring is 1. The van der Waals surface area contributed by atoms with Crippen molar-refractivity contribution in [2.75, 3.05) is 36.8 Å². The molecule has 0 aliphatic carbocycles. The molecule has 0 spiro atoms. The normalized spacial score (nSPS) is 17.1. The molecule has 0 bridgehead atoms. The summed E-state index contributed by atoms with van der Waals surface area (Å²) in [5.41, 5.74) is 6.35. The minimum absolute atomic E-state index is 0.223. The highest BCUT2D eigenvalue weighted by Crippen LogP contribution is 2.23. The SMILES string of the molecule is Nc1cccc(N2CCNCC2)c1F. The Bertz CT molecular complexity index is 321. The van der Waals surface area contributed by atoms with Crippen LogP contribution in [0, 0.1) is 5.82 Å². The van der Waals surface area contributed by atoms with Crippen LogP contribution in [0.1, 0.15) is 0 Å². The fourth-order valence-electron chi connectivity index (χ4n) is 1.69. The Labute approximate surface area is 82.7 Å². The zero-order valence-electron chi connectivity index (χ0n) is 7.96. The zero-order chi connectivity index (χ0) is 9.97. The van der Waals surface area contributed by atoms with Crippen molar-refractivity contribution in [2.45, 2.75) is 0 Å². The number of nitrogens with two attached hydrogens (primary N) is 1. The van der Waals surface area contributed by atoms with E-state index in [1.807, 2.05) is 4.90 Å². The van der Waals surface area contributed by atoms with E-state index in [2.05, 4.69) is 5.32 Å². The Kier molecular flexibility index (Phi) is 2.54. The van der Waals surface area contributed by atoms with Gasteiger partial charge in [-0.2, -0.15) is 0 Å². The molecule has 1 aliphatic heterocycles. The standard InChI is InChI=1S/C10H14FN3/c11-10-8(12)2-1-3-9(10)14-6-4-13-5-7-14/h1-3,13H,4-7,12H2. The minimum Gasteiger partial charge on any atom is -0.396 e. The van der Waals surface area contributed by atoms with Crippen LogP contribution in [-0.4, -0.2) is 26.2 Å². The van der Waals surface area contributed by atoms with Crippen molar-refractivity contribution < 1.29 is 4.39 Å². The summed E-state index contributed by atoms with van der Waals surface area (Å²) in [5, 5.41) is 3.22. The van der Waals surface area contributed by atoms with E-state index in [1.165, 1.54) is 0 Å². The largest absolute Gasteiger partial charge is 0.396 e. The molecule has 0 unspecified atom stereocenters. The fourth-order valence-corrected chi connectivity index (χ4v) is 1.69. The zero-order valence-corrected chi connectivity index (χ0v) is 7.96. The highest BCUT2D eigenvalue weighted by atomic mass is 19.1. The lowest BCUT2D eigenvalue weighted by atomic mass is 10.2. The summed E-state index contributed by atoms with van der Waals surface area (Å²) in [4.78, 5) is 2.02. The van der Waals surface area contributed by atoms with Crippen molar-refractivity contribution in [3.8, 4) is 0 Å². The smallest absolute Gasteiger partial charge is 0.169 e. The quantitative estimate of drug-likeness (QED) is 0.652. The van der Waals surface area contributed by atoms with Crippen LogP contribution >= 0.6 is 0 Å². The summed E-state index contributed by atoms with van der Waals surface area (Å²) in [7, 11) is 0. The molecular weight excluding hydrogens is 181 g/mol. The first-order chi connectivity index (χ1) is 6.79. The van der Waals surface area contributed by atoms with Gasteiger partial charge in [-0.25, -0.2) is 4.39 Å². The van der Waals surface area contributed by atoms with Gasteiger partial charge in [0.2, 0.25) is 0 Å². The van der Waals surface area contributed by atoms with Crippen molar-refractivity contribution >= 4 is 11.4 Å². The van der Waals surface area contributed by atoms with Gasteiger partial charge in [0.15, 0.2) is 5.82 Å². The van der Waals surface area contributed by atoms with Crippen LogP contribution in [0.15, 0.2) is 18.2 Å².